The summed E-state index contributed by atoms with van der Waals surface area (Å²) in [5, 5.41) is 3.91. The van der Waals surface area contributed by atoms with Crippen LogP contribution in [-0.4, -0.2) is 6.21 Å². The maximum Gasteiger partial charge on any atom is 0.416 e. The van der Waals surface area contributed by atoms with E-state index in [2.05, 4.69) is 26.5 Å². The summed E-state index contributed by atoms with van der Waals surface area (Å²) < 4.78 is 38.5. The van der Waals surface area contributed by atoms with E-state index in [1.807, 2.05) is 24.3 Å². The normalized spacial score (nSPS) is 11.8. The molecule has 6 heteroatoms. The van der Waals surface area contributed by atoms with Gasteiger partial charge in [-0.1, -0.05) is 34.1 Å². The van der Waals surface area contributed by atoms with E-state index >= 15 is 0 Å². The second-order valence-electron chi connectivity index (χ2n) is 4.00. The van der Waals surface area contributed by atoms with Crippen LogP contribution in [0.1, 0.15) is 11.1 Å². The van der Waals surface area contributed by atoms with Gasteiger partial charge in [0.1, 0.15) is 0 Å². The standard InChI is InChI=1S/C14H10BrF3N2/c15-12-6-4-10(5-7-12)9-19-20-13-3-1-2-11(8-13)14(16,17)18/h1-9,20H. The number of hydrogen-bond acceptors (Lipinski definition) is 2. The van der Waals surface area contributed by atoms with Gasteiger partial charge in [-0.3, -0.25) is 5.43 Å². The Labute approximate surface area is 122 Å². The number of halogens is 4. The van der Waals surface area contributed by atoms with Crippen molar-refractivity contribution in [3.8, 4) is 0 Å². The van der Waals surface area contributed by atoms with Crippen molar-refractivity contribution in [1.29, 1.82) is 0 Å². The summed E-state index contributed by atoms with van der Waals surface area (Å²) in [5.41, 5.74) is 3.00. The Morgan fingerprint density at radius 2 is 1.75 bits per heavy atom. The molecule has 0 aliphatic rings. The van der Waals surface area contributed by atoms with Crippen molar-refractivity contribution in [2.45, 2.75) is 6.18 Å². The second-order valence-corrected chi connectivity index (χ2v) is 4.92. The smallest absolute Gasteiger partial charge is 0.278 e. The van der Waals surface area contributed by atoms with Gasteiger partial charge in [0, 0.05) is 4.47 Å². The zero-order chi connectivity index (χ0) is 14.6. The first-order chi connectivity index (χ1) is 9.45. The molecule has 0 fully saturated rings. The van der Waals surface area contributed by atoms with Gasteiger partial charge in [-0.05, 0) is 35.9 Å². The number of benzene rings is 2. The zero-order valence-corrected chi connectivity index (χ0v) is 11.7. The van der Waals surface area contributed by atoms with Crippen molar-refractivity contribution >= 4 is 27.8 Å². The van der Waals surface area contributed by atoms with E-state index < -0.39 is 11.7 Å². The van der Waals surface area contributed by atoms with Crippen molar-refractivity contribution in [3.63, 3.8) is 0 Å². The number of alkyl halides is 3. The molecule has 2 nitrogen and oxygen atoms in total. The fourth-order valence-corrected chi connectivity index (χ4v) is 1.76. The quantitative estimate of drug-likeness (QED) is 0.621. The Kier molecular flexibility index (Phi) is 4.44. The molecule has 0 saturated carbocycles. The topological polar surface area (TPSA) is 24.4 Å². The summed E-state index contributed by atoms with van der Waals surface area (Å²) in [5.74, 6) is 0. The monoisotopic (exact) mass is 342 g/mol. The molecule has 104 valence electrons. The van der Waals surface area contributed by atoms with E-state index in [-0.39, 0.29) is 5.69 Å². The summed E-state index contributed by atoms with van der Waals surface area (Å²) in [6.45, 7) is 0. The average molecular weight is 343 g/mol. The van der Waals surface area contributed by atoms with Gasteiger partial charge in [0.25, 0.3) is 0 Å². The molecule has 20 heavy (non-hydrogen) atoms. The van der Waals surface area contributed by atoms with Crippen LogP contribution in [0.25, 0.3) is 0 Å². The summed E-state index contributed by atoms with van der Waals surface area (Å²) in [6, 6.07) is 12.3. The van der Waals surface area contributed by atoms with Crippen molar-refractivity contribution in [1.82, 2.24) is 0 Å². The number of hydrazone groups is 1. The van der Waals surface area contributed by atoms with Crippen molar-refractivity contribution in [3.05, 3.63) is 64.1 Å². The highest BCUT2D eigenvalue weighted by molar-refractivity contribution is 9.10. The highest BCUT2D eigenvalue weighted by Crippen LogP contribution is 2.30. The summed E-state index contributed by atoms with van der Waals surface area (Å²) >= 11 is 3.31. The molecule has 0 bridgehead atoms. The molecule has 0 radical (unpaired) electrons. The minimum Gasteiger partial charge on any atom is -0.278 e. The average Bonchev–Trinajstić information content (AvgIpc) is 2.40. The lowest BCUT2D eigenvalue weighted by atomic mass is 10.2. The van der Waals surface area contributed by atoms with E-state index in [0.29, 0.717) is 0 Å². The van der Waals surface area contributed by atoms with E-state index in [1.54, 1.807) is 0 Å². The van der Waals surface area contributed by atoms with Gasteiger partial charge in [0.2, 0.25) is 0 Å². The van der Waals surface area contributed by atoms with Crippen LogP contribution < -0.4 is 5.43 Å². The molecule has 0 heterocycles. The number of nitrogens with zero attached hydrogens (tertiary/aromatic N) is 1. The van der Waals surface area contributed by atoms with Gasteiger partial charge in [0.15, 0.2) is 0 Å². The van der Waals surface area contributed by atoms with Crippen LogP contribution in [0, 0.1) is 0 Å². The molecule has 0 atom stereocenters. The molecule has 0 aliphatic carbocycles. The fourth-order valence-electron chi connectivity index (χ4n) is 1.50. The highest BCUT2D eigenvalue weighted by atomic mass is 79.9. The summed E-state index contributed by atoms with van der Waals surface area (Å²) in [6.07, 6.45) is -2.82. The third kappa shape index (κ3) is 4.09. The van der Waals surface area contributed by atoms with E-state index in [4.69, 9.17) is 0 Å². The number of rotatable bonds is 3. The molecule has 1 N–H and O–H groups in total. The summed E-state index contributed by atoms with van der Waals surface area (Å²) in [7, 11) is 0. The van der Waals surface area contributed by atoms with Crippen LogP contribution in [0.4, 0.5) is 18.9 Å². The lowest BCUT2D eigenvalue weighted by Crippen LogP contribution is -2.05. The van der Waals surface area contributed by atoms with Crippen LogP contribution >= 0.6 is 15.9 Å². The maximum absolute atomic E-state index is 12.5. The molecular formula is C14H10BrF3N2. The van der Waals surface area contributed by atoms with Crippen LogP contribution in [-0.2, 0) is 6.18 Å². The molecule has 0 amide bonds. The molecule has 0 aliphatic heterocycles. The fraction of sp³-hybridized carbons (Fsp3) is 0.0714. The first-order valence-electron chi connectivity index (χ1n) is 5.67. The van der Waals surface area contributed by atoms with Gasteiger partial charge < -0.3 is 0 Å². The second kappa shape index (κ2) is 6.09. The predicted octanol–water partition coefficient (Wildman–Crippen LogP) is 4.91. The first-order valence-corrected chi connectivity index (χ1v) is 6.46. The Balaban J connectivity index is 2.05. The van der Waals surface area contributed by atoms with Crippen molar-refractivity contribution in [2.24, 2.45) is 5.10 Å². The molecule has 2 rings (SSSR count). The number of nitrogens with one attached hydrogen (secondary N) is 1. The predicted molar refractivity (Wildman–Crippen MR) is 76.8 cm³/mol. The highest BCUT2D eigenvalue weighted by Gasteiger charge is 2.30. The van der Waals surface area contributed by atoms with Gasteiger partial charge in [0.05, 0.1) is 17.5 Å². The van der Waals surface area contributed by atoms with E-state index in [9.17, 15) is 13.2 Å². The van der Waals surface area contributed by atoms with Gasteiger partial charge in [-0.15, -0.1) is 0 Å². The largest absolute Gasteiger partial charge is 0.416 e. The van der Waals surface area contributed by atoms with Crippen LogP contribution in [0.15, 0.2) is 58.1 Å². The molecule has 0 saturated heterocycles. The third-order valence-electron chi connectivity index (χ3n) is 2.47. The van der Waals surface area contributed by atoms with Gasteiger partial charge in [-0.2, -0.15) is 18.3 Å². The van der Waals surface area contributed by atoms with E-state index in [1.165, 1.54) is 18.3 Å². The number of anilines is 1. The zero-order valence-electron chi connectivity index (χ0n) is 10.2. The molecule has 0 aromatic heterocycles. The SMILES string of the molecule is FC(F)(F)c1cccc(NN=Cc2ccc(Br)cc2)c1. The maximum atomic E-state index is 12.5. The molecule has 2 aromatic carbocycles. The minimum absolute atomic E-state index is 0.285. The van der Waals surface area contributed by atoms with Crippen molar-refractivity contribution in [2.75, 3.05) is 5.43 Å². The Morgan fingerprint density at radius 1 is 1.05 bits per heavy atom. The van der Waals surface area contributed by atoms with Gasteiger partial charge >= 0.3 is 6.18 Å². The number of hydrogen-bond donors (Lipinski definition) is 1. The molecule has 0 spiro atoms. The van der Waals surface area contributed by atoms with Crippen LogP contribution in [0.5, 0.6) is 0 Å². The molecular weight excluding hydrogens is 333 g/mol. The van der Waals surface area contributed by atoms with Crippen molar-refractivity contribution < 1.29 is 13.2 Å². The molecule has 2 aromatic rings. The van der Waals surface area contributed by atoms with E-state index in [0.717, 1.165) is 22.2 Å². The van der Waals surface area contributed by atoms with Crippen LogP contribution in [0.3, 0.4) is 0 Å². The minimum atomic E-state index is -4.35. The third-order valence-corrected chi connectivity index (χ3v) is 3.00. The Bertz CT molecular complexity index is 607. The first kappa shape index (κ1) is 14.6. The summed E-state index contributed by atoms with van der Waals surface area (Å²) in [4.78, 5) is 0. The van der Waals surface area contributed by atoms with Crippen LogP contribution in [0.2, 0.25) is 0 Å². The van der Waals surface area contributed by atoms with Gasteiger partial charge in [-0.25, -0.2) is 0 Å². The lowest BCUT2D eigenvalue weighted by molar-refractivity contribution is -0.137. The Morgan fingerprint density at radius 3 is 2.40 bits per heavy atom. The molecule has 0 unspecified atom stereocenters. The Hall–Kier alpha value is -1.82. The lowest BCUT2D eigenvalue weighted by Gasteiger charge is -2.07.